The van der Waals surface area contributed by atoms with Crippen molar-refractivity contribution < 1.29 is 4.74 Å². The Morgan fingerprint density at radius 1 is 1.38 bits per heavy atom. The van der Waals surface area contributed by atoms with Crippen LogP contribution in [-0.4, -0.2) is 11.6 Å². The van der Waals surface area contributed by atoms with Gasteiger partial charge in [-0.3, -0.25) is 0 Å². The zero-order chi connectivity index (χ0) is 12.1. The zero-order valence-electron chi connectivity index (χ0n) is 10.5. The predicted molar refractivity (Wildman–Crippen MR) is 68.1 cm³/mol. The highest BCUT2D eigenvalue weighted by Gasteiger charge is 2.07. The summed E-state index contributed by atoms with van der Waals surface area (Å²) in [5, 5.41) is 0.514. The fourth-order valence-corrected chi connectivity index (χ4v) is 1.98. The molecular formula is C13H20ClNO. The standard InChI is InChI=1S/C13H20ClNO/c1-9(2)5-10(3)8-16-12-7-15-13(14)6-11(12)4/h6-7,9-10H,5,8H2,1-4H3/t10-/m0/s1. The minimum atomic E-state index is 0.514. The molecule has 3 heteroatoms. The molecule has 0 N–H and O–H groups in total. The molecule has 0 saturated heterocycles. The van der Waals surface area contributed by atoms with Crippen LogP contribution >= 0.6 is 11.6 Å². The van der Waals surface area contributed by atoms with E-state index in [9.17, 15) is 0 Å². The molecule has 1 atom stereocenters. The van der Waals surface area contributed by atoms with Gasteiger partial charge in [-0.25, -0.2) is 4.98 Å². The van der Waals surface area contributed by atoms with Crippen molar-refractivity contribution in [3.8, 4) is 5.75 Å². The smallest absolute Gasteiger partial charge is 0.140 e. The average Bonchev–Trinajstić information content (AvgIpc) is 2.15. The predicted octanol–water partition coefficient (Wildman–Crippen LogP) is 4.10. The van der Waals surface area contributed by atoms with Gasteiger partial charge in [-0.2, -0.15) is 0 Å². The minimum absolute atomic E-state index is 0.514. The lowest BCUT2D eigenvalue weighted by atomic mass is 10.00. The maximum Gasteiger partial charge on any atom is 0.140 e. The van der Waals surface area contributed by atoms with E-state index in [-0.39, 0.29) is 0 Å². The van der Waals surface area contributed by atoms with Gasteiger partial charge in [0.2, 0.25) is 0 Å². The van der Waals surface area contributed by atoms with Crippen molar-refractivity contribution in [2.45, 2.75) is 34.1 Å². The molecule has 0 spiro atoms. The molecule has 0 bridgehead atoms. The third-order valence-electron chi connectivity index (χ3n) is 2.43. The summed E-state index contributed by atoms with van der Waals surface area (Å²) in [4.78, 5) is 4.02. The SMILES string of the molecule is Cc1cc(Cl)ncc1OC[C@@H](C)CC(C)C. The molecular weight excluding hydrogens is 222 g/mol. The van der Waals surface area contributed by atoms with Gasteiger partial charge in [0, 0.05) is 0 Å². The van der Waals surface area contributed by atoms with Crippen molar-refractivity contribution in [2.24, 2.45) is 11.8 Å². The molecule has 0 aliphatic heterocycles. The Balaban J connectivity index is 2.48. The second-order valence-electron chi connectivity index (χ2n) is 4.82. The fraction of sp³-hybridized carbons (Fsp3) is 0.615. The normalized spacial score (nSPS) is 12.9. The van der Waals surface area contributed by atoms with E-state index in [1.807, 2.05) is 13.0 Å². The van der Waals surface area contributed by atoms with E-state index in [0.717, 1.165) is 17.9 Å². The summed E-state index contributed by atoms with van der Waals surface area (Å²) in [6.45, 7) is 9.38. The number of nitrogens with zero attached hydrogens (tertiary/aromatic N) is 1. The highest BCUT2D eigenvalue weighted by atomic mass is 35.5. The monoisotopic (exact) mass is 241 g/mol. The molecule has 1 aromatic rings. The first kappa shape index (κ1) is 13.3. The minimum Gasteiger partial charge on any atom is -0.491 e. The van der Waals surface area contributed by atoms with Crippen molar-refractivity contribution in [2.75, 3.05) is 6.61 Å². The van der Waals surface area contributed by atoms with Gasteiger partial charge in [0.05, 0.1) is 12.8 Å². The molecule has 0 amide bonds. The Hall–Kier alpha value is -0.760. The summed E-state index contributed by atoms with van der Waals surface area (Å²) in [7, 11) is 0. The molecule has 0 radical (unpaired) electrons. The van der Waals surface area contributed by atoms with Gasteiger partial charge in [0.15, 0.2) is 0 Å². The maximum atomic E-state index is 5.78. The van der Waals surface area contributed by atoms with Crippen LogP contribution in [0, 0.1) is 18.8 Å². The second-order valence-corrected chi connectivity index (χ2v) is 5.21. The Kier molecular flexibility index (Phi) is 5.07. The lowest BCUT2D eigenvalue weighted by Crippen LogP contribution is -2.11. The Labute approximate surface area is 103 Å². The van der Waals surface area contributed by atoms with E-state index < -0.39 is 0 Å². The van der Waals surface area contributed by atoms with Crippen LogP contribution in [0.4, 0.5) is 0 Å². The van der Waals surface area contributed by atoms with E-state index in [0.29, 0.717) is 17.0 Å². The number of aromatic nitrogens is 1. The number of ether oxygens (including phenoxy) is 1. The summed E-state index contributed by atoms with van der Waals surface area (Å²) in [5.74, 6) is 2.11. The molecule has 1 rings (SSSR count). The summed E-state index contributed by atoms with van der Waals surface area (Å²) >= 11 is 5.78. The Morgan fingerprint density at radius 2 is 2.06 bits per heavy atom. The van der Waals surface area contributed by atoms with E-state index >= 15 is 0 Å². The van der Waals surface area contributed by atoms with Crippen LogP contribution in [0.2, 0.25) is 5.15 Å². The van der Waals surface area contributed by atoms with Gasteiger partial charge in [0.1, 0.15) is 10.9 Å². The van der Waals surface area contributed by atoms with Crippen LogP contribution in [0.5, 0.6) is 5.75 Å². The van der Waals surface area contributed by atoms with Gasteiger partial charge >= 0.3 is 0 Å². The lowest BCUT2D eigenvalue weighted by Gasteiger charge is -2.15. The van der Waals surface area contributed by atoms with Crippen molar-refractivity contribution >= 4 is 11.6 Å². The lowest BCUT2D eigenvalue weighted by molar-refractivity contribution is 0.237. The molecule has 1 heterocycles. The first-order valence-electron chi connectivity index (χ1n) is 5.74. The first-order valence-corrected chi connectivity index (χ1v) is 6.11. The van der Waals surface area contributed by atoms with Gasteiger partial charge in [-0.05, 0) is 36.8 Å². The van der Waals surface area contributed by atoms with Gasteiger partial charge in [-0.15, -0.1) is 0 Å². The number of rotatable bonds is 5. The number of hydrogen-bond acceptors (Lipinski definition) is 2. The van der Waals surface area contributed by atoms with Crippen LogP contribution in [0.25, 0.3) is 0 Å². The van der Waals surface area contributed by atoms with Crippen LogP contribution in [0.15, 0.2) is 12.3 Å². The van der Waals surface area contributed by atoms with Gasteiger partial charge in [-0.1, -0.05) is 32.4 Å². The molecule has 16 heavy (non-hydrogen) atoms. The number of aryl methyl sites for hydroxylation is 1. The maximum absolute atomic E-state index is 5.78. The number of pyridine rings is 1. The number of halogens is 1. The quantitative estimate of drug-likeness (QED) is 0.724. The summed E-state index contributed by atoms with van der Waals surface area (Å²) in [5.41, 5.74) is 1.04. The van der Waals surface area contributed by atoms with Crippen molar-refractivity contribution in [3.63, 3.8) is 0 Å². The molecule has 0 unspecified atom stereocenters. The van der Waals surface area contributed by atoms with Crippen molar-refractivity contribution in [1.29, 1.82) is 0 Å². The molecule has 90 valence electrons. The molecule has 0 fully saturated rings. The van der Waals surface area contributed by atoms with Crippen LogP contribution < -0.4 is 4.74 Å². The topological polar surface area (TPSA) is 22.1 Å². The van der Waals surface area contributed by atoms with Crippen molar-refractivity contribution in [1.82, 2.24) is 4.98 Å². The summed E-state index contributed by atoms with van der Waals surface area (Å²) in [6, 6.07) is 1.82. The van der Waals surface area contributed by atoms with E-state index in [1.165, 1.54) is 6.42 Å². The third-order valence-corrected chi connectivity index (χ3v) is 2.63. The first-order chi connectivity index (χ1) is 7.49. The average molecular weight is 242 g/mol. The van der Waals surface area contributed by atoms with Crippen LogP contribution in [-0.2, 0) is 0 Å². The second kappa shape index (κ2) is 6.09. The zero-order valence-corrected chi connectivity index (χ0v) is 11.2. The molecule has 1 aromatic heterocycles. The third kappa shape index (κ3) is 4.40. The Bertz CT molecular complexity index is 339. The Morgan fingerprint density at radius 3 is 2.62 bits per heavy atom. The highest BCUT2D eigenvalue weighted by Crippen LogP contribution is 2.20. The van der Waals surface area contributed by atoms with Crippen LogP contribution in [0.1, 0.15) is 32.8 Å². The van der Waals surface area contributed by atoms with E-state index in [4.69, 9.17) is 16.3 Å². The number of hydrogen-bond donors (Lipinski definition) is 0. The molecule has 0 aliphatic carbocycles. The fourth-order valence-electron chi connectivity index (χ4n) is 1.77. The van der Waals surface area contributed by atoms with E-state index in [2.05, 4.69) is 25.8 Å². The van der Waals surface area contributed by atoms with Gasteiger partial charge in [0.25, 0.3) is 0 Å². The molecule has 0 aliphatic rings. The largest absolute Gasteiger partial charge is 0.491 e. The van der Waals surface area contributed by atoms with Crippen LogP contribution in [0.3, 0.4) is 0 Å². The summed E-state index contributed by atoms with van der Waals surface area (Å²) < 4.78 is 5.73. The summed E-state index contributed by atoms with van der Waals surface area (Å²) in [6.07, 6.45) is 2.87. The molecule has 0 saturated carbocycles. The molecule has 2 nitrogen and oxygen atoms in total. The van der Waals surface area contributed by atoms with Crippen molar-refractivity contribution in [3.05, 3.63) is 23.0 Å². The van der Waals surface area contributed by atoms with Gasteiger partial charge < -0.3 is 4.74 Å². The molecule has 0 aromatic carbocycles. The van der Waals surface area contributed by atoms with E-state index in [1.54, 1.807) is 6.20 Å². The highest BCUT2D eigenvalue weighted by molar-refractivity contribution is 6.29.